The summed E-state index contributed by atoms with van der Waals surface area (Å²) in [7, 11) is 1.84. The number of carbonyl (C=O) groups excluding carboxylic acids is 1. The van der Waals surface area contributed by atoms with Gasteiger partial charge in [-0.05, 0) is 38.2 Å². The van der Waals surface area contributed by atoms with E-state index in [2.05, 4.69) is 21.3 Å². The van der Waals surface area contributed by atoms with E-state index in [0.29, 0.717) is 37.3 Å². The summed E-state index contributed by atoms with van der Waals surface area (Å²) in [6.07, 6.45) is -0.278. The second kappa shape index (κ2) is 7.93. The number of nitrogens with one attached hydrogen (secondary N) is 1. The number of ether oxygens (including phenoxy) is 1. The van der Waals surface area contributed by atoms with Gasteiger partial charge in [0.15, 0.2) is 6.10 Å². The highest BCUT2D eigenvalue weighted by Crippen LogP contribution is 2.30. The van der Waals surface area contributed by atoms with Crippen LogP contribution in [0, 0.1) is 11.3 Å². The molecule has 7 nitrogen and oxygen atoms in total. The molecule has 4 rings (SSSR count). The van der Waals surface area contributed by atoms with Crippen molar-refractivity contribution in [2.45, 2.75) is 31.3 Å². The van der Waals surface area contributed by atoms with E-state index in [1.807, 2.05) is 37.1 Å². The lowest BCUT2D eigenvalue weighted by Gasteiger charge is -2.38. The number of likely N-dealkylation sites (tertiary alicyclic amines) is 1. The van der Waals surface area contributed by atoms with Crippen LogP contribution >= 0.6 is 0 Å². The molecule has 4 atom stereocenters. The third-order valence-electron chi connectivity index (χ3n) is 5.52. The summed E-state index contributed by atoms with van der Waals surface area (Å²) >= 11 is 0. The van der Waals surface area contributed by atoms with Crippen LogP contribution in [0.5, 0.6) is 0 Å². The summed E-state index contributed by atoms with van der Waals surface area (Å²) in [5.74, 6) is -0.291. The molecule has 0 aliphatic carbocycles. The molecule has 2 aliphatic heterocycles. The third kappa shape index (κ3) is 3.88. The van der Waals surface area contributed by atoms with Crippen molar-refractivity contribution in [1.82, 2.24) is 15.2 Å². The SMILES string of the molecule is CC1CN(c2ccc(C#N)c3ncccc23)C[C@H](C(=O)N[C@H]2CN(C)C[C@H]2F)O1. The standard InChI is InChI=1S/C21H24FN5O2/c1-13-9-27(18-6-5-14(8-23)20-15(18)4-3-7-24-20)12-19(29-13)21(28)25-17-11-26(2)10-16(17)22/h3-7,13,16-17,19H,9-12H2,1-2H3,(H,25,28)/t13?,16-,17+,19-/m1/s1. The number of aromatic nitrogens is 1. The zero-order valence-electron chi connectivity index (χ0n) is 16.5. The smallest absolute Gasteiger partial charge is 0.251 e. The van der Waals surface area contributed by atoms with Gasteiger partial charge < -0.3 is 19.9 Å². The van der Waals surface area contributed by atoms with Gasteiger partial charge in [-0.2, -0.15) is 5.26 Å². The number of carbonyl (C=O) groups is 1. The van der Waals surface area contributed by atoms with Crippen LogP contribution < -0.4 is 10.2 Å². The van der Waals surface area contributed by atoms with Gasteiger partial charge in [-0.1, -0.05) is 0 Å². The number of alkyl halides is 1. The van der Waals surface area contributed by atoms with Crippen LogP contribution in [0.4, 0.5) is 10.1 Å². The molecule has 1 aromatic heterocycles. The van der Waals surface area contributed by atoms with E-state index >= 15 is 0 Å². The Balaban J connectivity index is 1.56. The van der Waals surface area contributed by atoms with Crippen molar-refractivity contribution >= 4 is 22.5 Å². The first-order valence-corrected chi connectivity index (χ1v) is 9.77. The number of likely N-dealkylation sites (N-methyl/N-ethyl adjacent to an activating group) is 1. The van der Waals surface area contributed by atoms with Crippen LogP contribution in [0.3, 0.4) is 0 Å². The number of nitrogens with zero attached hydrogens (tertiary/aromatic N) is 4. The average Bonchev–Trinajstić information content (AvgIpc) is 3.03. The van der Waals surface area contributed by atoms with Crippen molar-refractivity contribution in [3.63, 3.8) is 0 Å². The number of amides is 1. The number of morpholine rings is 1. The van der Waals surface area contributed by atoms with Crippen molar-refractivity contribution in [2.75, 3.05) is 38.1 Å². The maximum Gasteiger partial charge on any atom is 0.251 e. The molecule has 0 bridgehead atoms. The molecule has 2 aromatic rings. The lowest BCUT2D eigenvalue weighted by Crippen LogP contribution is -2.55. The molecule has 1 unspecified atom stereocenters. The molecular weight excluding hydrogens is 373 g/mol. The molecular formula is C21H24FN5O2. The normalized spacial score (nSPS) is 27.7. The zero-order chi connectivity index (χ0) is 20.5. The van der Waals surface area contributed by atoms with E-state index in [9.17, 15) is 14.4 Å². The van der Waals surface area contributed by atoms with Crippen LogP contribution in [0.2, 0.25) is 0 Å². The van der Waals surface area contributed by atoms with Gasteiger partial charge in [-0.25, -0.2) is 4.39 Å². The Kier molecular flexibility index (Phi) is 5.35. The van der Waals surface area contributed by atoms with E-state index in [1.54, 1.807) is 12.3 Å². The molecule has 2 aliphatic rings. The highest BCUT2D eigenvalue weighted by Gasteiger charge is 2.36. The first-order chi connectivity index (χ1) is 14.0. The van der Waals surface area contributed by atoms with Gasteiger partial charge in [0.1, 0.15) is 12.2 Å². The Bertz CT molecular complexity index is 962. The first kappa shape index (κ1) is 19.6. The monoisotopic (exact) mass is 397 g/mol. The average molecular weight is 397 g/mol. The molecule has 2 saturated heterocycles. The molecule has 1 N–H and O–H groups in total. The minimum Gasteiger partial charge on any atom is -0.365 e. The van der Waals surface area contributed by atoms with Gasteiger partial charge in [0.05, 0.1) is 29.8 Å². The van der Waals surface area contributed by atoms with Crippen molar-refractivity contribution in [1.29, 1.82) is 5.26 Å². The molecule has 0 saturated carbocycles. The minimum absolute atomic E-state index is 0.172. The molecule has 3 heterocycles. The fraction of sp³-hybridized carbons (Fsp3) is 0.476. The van der Waals surface area contributed by atoms with Gasteiger partial charge in [-0.15, -0.1) is 0 Å². The van der Waals surface area contributed by atoms with E-state index in [-0.39, 0.29) is 12.0 Å². The number of rotatable bonds is 3. The van der Waals surface area contributed by atoms with Crippen molar-refractivity contribution in [3.05, 3.63) is 36.0 Å². The predicted molar refractivity (Wildman–Crippen MR) is 107 cm³/mol. The molecule has 152 valence electrons. The summed E-state index contributed by atoms with van der Waals surface area (Å²) in [5.41, 5.74) is 2.06. The molecule has 0 radical (unpaired) electrons. The Hall–Kier alpha value is -2.76. The van der Waals surface area contributed by atoms with Crippen molar-refractivity contribution < 1.29 is 13.9 Å². The highest BCUT2D eigenvalue weighted by molar-refractivity contribution is 5.95. The number of pyridine rings is 1. The van der Waals surface area contributed by atoms with Crippen molar-refractivity contribution in [2.24, 2.45) is 0 Å². The van der Waals surface area contributed by atoms with Gasteiger partial charge in [0.25, 0.3) is 5.91 Å². The maximum absolute atomic E-state index is 14.1. The largest absolute Gasteiger partial charge is 0.365 e. The summed E-state index contributed by atoms with van der Waals surface area (Å²) in [4.78, 5) is 21.1. The number of halogens is 1. The molecule has 8 heteroatoms. The Labute approximate surface area is 169 Å². The van der Waals surface area contributed by atoms with Crippen LogP contribution in [0.15, 0.2) is 30.5 Å². The minimum atomic E-state index is -1.07. The Morgan fingerprint density at radius 3 is 2.86 bits per heavy atom. The first-order valence-electron chi connectivity index (χ1n) is 9.77. The van der Waals surface area contributed by atoms with Gasteiger partial charge in [0.2, 0.25) is 0 Å². The number of hydrogen-bond donors (Lipinski definition) is 1. The number of fused-ring (bicyclic) bond motifs is 1. The quantitative estimate of drug-likeness (QED) is 0.845. The Morgan fingerprint density at radius 1 is 1.31 bits per heavy atom. The molecule has 0 spiro atoms. The van der Waals surface area contributed by atoms with Crippen LogP contribution in [0.25, 0.3) is 10.9 Å². The zero-order valence-corrected chi connectivity index (χ0v) is 16.5. The summed E-state index contributed by atoms with van der Waals surface area (Å²) in [5, 5.41) is 13.0. The lowest BCUT2D eigenvalue weighted by atomic mass is 10.1. The fourth-order valence-corrected chi connectivity index (χ4v) is 4.18. The molecule has 1 amide bonds. The second-order valence-corrected chi connectivity index (χ2v) is 7.84. The summed E-state index contributed by atoms with van der Waals surface area (Å²) < 4.78 is 20.0. The number of anilines is 1. The molecule has 29 heavy (non-hydrogen) atoms. The maximum atomic E-state index is 14.1. The number of nitriles is 1. The van der Waals surface area contributed by atoms with Crippen LogP contribution in [-0.4, -0.2) is 73.4 Å². The second-order valence-electron chi connectivity index (χ2n) is 7.84. The van der Waals surface area contributed by atoms with E-state index in [0.717, 1.165) is 11.1 Å². The lowest BCUT2D eigenvalue weighted by molar-refractivity contribution is -0.138. The van der Waals surface area contributed by atoms with Gasteiger partial charge >= 0.3 is 0 Å². The highest BCUT2D eigenvalue weighted by atomic mass is 19.1. The summed E-state index contributed by atoms with van der Waals surface area (Å²) in [6, 6.07) is 9.06. The summed E-state index contributed by atoms with van der Waals surface area (Å²) in [6.45, 7) is 3.69. The van der Waals surface area contributed by atoms with Crippen LogP contribution in [0.1, 0.15) is 12.5 Å². The van der Waals surface area contributed by atoms with Gasteiger partial charge in [-0.3, -0.25) is 9.78 Å². The van der Waals surface area contributed by atoms with E-state index < -0.39 is 18.3 Å². The van der Waals surface area contributed by atoms with Crippen LogP contribution in [-0.2, 0) is 9.53 Å². The Morgan fingerprint density at radius 2 is 2.14 bits per heavy atom. The fourth-order valence-electron chi connectivity index (χ4n) is 4.18. The predicted octanol–water partition coefficient (Wildman–Crippen LogP) is 1.47. The van der Waals surface area contributed by atoms with Gasteiger partial charge in [0, 0.05) is 36.9 Å². The number of benzene rings is 1. The topological polar surface area (TPSA) is 81.5 Å². The molecule has 2 fully saturated rings. The van der Waals surface area contributed by atoms with Crippen molar-refractivity contribution in [3.8, 4) is 6.07 Å². The van der Waals surface area contributed by atoms with E-state index in [1.165, 1.54) is 0 Å². The number of hydrogen-bond acceptors (Lipinski definition) is 6. The van der Waals surface area contributed by atoms with E-state index in [4.69, 9.17) is 4.74 Å². The molecule has 1 aromatic carbocycles. The third-order valence-corrected chi connectivity index (χ3v) is 5.52.